The Hall–Kier alpha value is -1.41. The fourth-order valence-corrected chi connectivity index (χ4v) is 4.16. The standard InChI is InChI=1S/C12H20N4O3S/c1-9-11(7-14-15(9)3)20(18,19)16-6-4-5-10(8-16)12(17)13-2/h7,10H,4-6,8H2,1-3H3,(H,13,17)/t10-/m1/s1. The quantitative estimate of drug-likeness (QED) is 0.843. The number of nitrogens with one attached hydrogen (secondary N) is 1. The van der Waals surface area contributed by atoms with Crippen molar-refractivity contribution in [3.8, 4) is 0 Å². The van der Waals surface area contributed by atoms with E-state index in [4.69, 9.17) is 0 Å². The van der Waals surface area contributed by atoms with E-state index in [9.17, 15) is 13.2 Å². The van der Waals surface area contributed by atoms with Crippen molar-refractivity contribution in [3.05, 3.63) is 11.9 Å². The first-order valence-corrected chi connectivity index (χ1v) is 8.02. The zero-order valence-corrected chi connectivity index (χ0v) is 12.8. The van der Waals surface area contributed by atoms with Crippen LogP contribution in [0.5, 0.6) is 0 Å². The molecule has 1 saturated heterocycles. The number of sulfonamides is 1. The van der Waals surface area contributed by atoms with Crippen LogP contribution in [0.4, 0.5) is 0 Å². The number of aromatic nitrogens is 2. The predicted octanol–water partition coefficient (Wildman–Crippen LogP) is -0.125. The molecule has 1 aliphatic rings. The van der Waals surface area contributed by atoms with Gasteiger partial charge in [-0.2, -0.15) is 9.40 Å². The topological polar surface area (TPSA) is 84.3 Å². The fraction of sp³-hybridized carbons (Fsp3) is 0.667. The van der Waals surface area contributed by atoms with E-state index in [-0.39, 0.29) is 23.3 Å². The summed E-state index contributed by atoms with van der Waals surface area (Å²) in [5.74, 6) is -0.381. The number of carbonyl (C=O) groups excluding carboxylic acids is 1. The molecular formula is C12H20N4O3S. The van der Waals surface area contributed by atoms with Gasteiger partial charge in [-0.15, -0.1) is 0 Å². The average molecular weight is 300 g/mol. The normalized spacial score (nSPS) is 20.9. The molecule has 1 aromatic rings. The lowest BCUT2D eigenvalue weighted by molar-refractivity contribution is -0.125. The number of amides is 1. The van der Waals surface area contributed by atoms with Gasteiger partial charge in [-0.3, -0.25) is 9.48 Å². The van der Waals surface area contributed by atoms with Crippen LogP contribution in [-0.2, 0) is 21.9 Å². The minimum absolute atomic E-state index is 0.104. The number of carbonyl (C=O) groups is 1. The van der Waals surface area contributed by atoms with Gasteiger partial charge in [0.15, 0.2) is 0 Å². The van der Waals surface area contributed by atoms with Crippen LogP contribution in [0, 0.1) is 12.8 Å². The van der Waals surface area contributed by atoms with E-state index in [1.54, 1.807) is 21.0 Å². The van der Waals surface area contributed by atoms with Crippen molar-refractivity contribution < 1.29 is 13.2 Å². The van der Waals surface area contributed by atoms with Crippen LogP contribution in [0.2, 0.25) is 0 Å². The highest BCUT2D eigenvalue weighted by atomic mass is 32.2. The fourth-order valence-electron chi connectivity index (χ4n) is 2.45. The van der Waals surface area contributed by atoms with Crippen LogP contribution in [0.15, 0.2) is 11.1 Å². The molecule has 0 bridgehead atoms. The smallest absolute Gasteiger partial charge is 0.246 e. The first-order chi connectivity index (χ1) is 9.37. The van der Waals surface area contributed by atoms with E-state index < -0.39 is 10.0 Å². The molecule has 2 rings (SSSR count). The van der Waals surface area contributed by atoms with Crippen LogP contribution in [-0.4, -0.2) is 48.5 Å². The van der Waals surface area contributed by atoms with E-state index in [2.05, 4.69) is 10.4 Å². The number of piperidine rings is 1. The van der Waals surface area contributed by atoms with Crippen LogP contribution in [0.25, 0.3) is 0 Å². The molecule has 0 aromatic carbocycles. The maximum absolute atomic E-state index is 12.6. The third-order valence-corrected chi connectivity index (χ3v) is 5.78. The molecule has 1 amide bonds. The zero-order chi connectivity index (χ0) is 14.9. The van der Waals surface area contributed by atoms with E-state index in [1.165, 1.54) is 15.2 Å². The molecule has 0 unspecified atom stereocenters. The van der Waals surface area contributed by atoms with Gasteiger partial charge in [0.1, 0.15) is 4.90 Å². The van der Waals surface area contributed by atoms with Crippen molar-refractivity contribution in [3.63, 3.8) is 0 Å². The Kier molecular flexibility index (Phi) is 4.14. The number of aryl methyl sites for hydroxylation is 1. The van der Waals surface area contributed by atoms with Gasteiger partial charge >= 0.3 is 0 Å². The second kappa shape index (κ2) is 5.53. The van der Waals surface area contributed by atoms with Crippen LogP contribution in [0.1, 0.15) is 18.5 Å². The molecule has 1 fully saturated rings. The molecule has 0 radical (unpaired) electrons. The molecule has 1 aromatic heterocycles. The number of nitrogens with zero attached hydrogens (tertiary/aromatic N) is 3. The van der Waals surface area contributed by atoms with E-state index in [0.29, 0.717) is 18.7 Å². The highest BCUT2D eigenvalue weighted by Gasteiger charge is 2.34. The Bertz CT molecular complexity index is 608. The van der Waals surface area contributed by atoms with Crippen LogP contribution < -0.4 is 5.32 Å². The minimum atomic E-state index is -3.58. The lowest BCUT2D eigenvalue weighted by Crippen LogP contribution is -2.44. The summed E-state index contributed by atoms with van der Waals surface area (Å²) in [6.45, 7) is 2.40. The van der Waals surface area contributed by atoms with Gasteiger partial charge in [0.25, 0.3) is 0 Å². The lowest BCUT2D eigenvalue weighted by atomic mass is 9.99. The summed E-state index contributed by atoms with van der Waals surface area (Å²) in [6.07, 6.45) is 2.78. The highest BCUT2D eigenvalue weighted by Crippen LogP contribution is 2.25. The largest absolute Gasteiger partial charge is 0.359 e. The summed E-state index contributed by atoms with van der Waals surface area (Å²) in [6, 6.07) is 0. The zero-order valence-electron chi connectivity index (χ0n) is 12.0. The van der Waals surface area contributed by atoms with Gasteiger partial charge in [-0.05, 0) is 19.8 Å². The summed E-state index contributed by atoms with van der Waals surface area (Å²) in [5, 5.41) is 6.56. The summed E-state index contributed by atoms with van der Waals surface area (Å²) >= 11 is 0. The first-order valence-electron chi connectivity index (χ1n) is 6.58. The molecule has 20 heavy (non-hydrogen) atoms. The molecule has 2 heterocycles. The van der Waals surface area contributed by atoms with Crippen molar-refractivity contribution >= 4 is 15.9 Å². The third-order valence-electron chi connectivity index (χ3n) is 3.81. The SMILES string of the molecule is CNC(=O)[C@@H]1CCCN(S(=O)(=O)c2cnn(C)c2C)C1. The summed E-state index contributed by atoms with van der Waals surface area (Å²) in [7, 11) is -0.300. The Balaban J connectivity index is 2.26. The monoisotopic (exact) mass is 300 g/mol. The van der Waals surface area contributed by atoms with Crippen molar-refractivity contribution in [2.45, 2.75) is 24.7 Å². The number of rotatable bonds is 3. The van der Waals surface area contributed by atoms with Crippen molar-refractivity contribution in [1.29, 1.82) is 0 Å². The second-order valence-electron chi connectivity index (χ2n) is 5.03. The molecule has 1 atom stereocenters. The minimum Gasteiger partial charge on any atom is -0.359 e. The van der Waals surface area contributed by atoms with E-state index in [0.717, 1.165) is 6.42 Å². The molecule has 0 spiro atoms. The van der Waals surface area contributed by atoms with Gasteiger partial charge in [0.05, 0.1) is 17.8 Å². The molecule has 0 aliphatic carbocycles. The Morgan fingerprint density at radius 3 is 2.75 bits per heavy atom. The molecule has 1 N–H and O–H groups in total. The Labute approximate surface area is 119 Å². The van der Waals surface area contributed by atoms with Gasteiger partial charge in [0.2, 0.25) is 15.9 Å². The van der Waals surface area contributed by atoms with Crippen LogP contribution in [0.3, 0.4) is 0 Å². The maximum Gasteiger partial charge on any atom is 0.246 e. The second-order valence-corrected chi connectivity index (χ2v) is 6.94. The summed E-state index contributed by atoms with van der Waals surface area (Å²) < 4.78 is 28.2. The Morgan fingerprint density at radius 2 is 2.20 bits per heavy atom. The van der Waals surface area contributed by atoms with Gasteiger partial charge in [0, 0.05) is 27.2 Å². The molecule has 1 aliphatic heterocycles. The van der Waals surface area contributed by atoms with E-state index >= 15 is 0 Å². The van der Waals surface area contributed by atoms with Gasteiger partial charge in [-0.25, -0.2) is 8.42 Å². The lowest BCUT2D eigenvalue weighted by Gasteiger charge is -2.30. The average Bonchev–Trinajstić information content (AvgIpc) is 2.79. The van der Waals surface area contributed by atoms with Crippen molar-refractivity contribution in [2.75, 3.05) is 20.1 Å². The summed E-state index contributed by atoms with van der Waals surface area (Å²) in [4.78, 5) is 11.9. The van der Waals surface area contributed by atoms with E-state index in [1.807, 2.05) is 0 Å². The van der Waals surface area contributed by atoms with Crippen LogP contribution >= 0.6 is 0 Å². The molecule has 7 nitrogen and oxygen atoms in total. The van der Waals surface area contributed by atoms with Gasteiger partial charge < -0.3 is 5.32 Å². The third kappa shape index (κ3) is 2.57. The molecule has 8 heteroatoms. The maximum atomic E-state index is 12.6. The van der Waals surface area contributed by atoms with Crippen molar-refractivity contribution in [2.24, 2.45) is 13.0 Å². The predicted molar refractivity (Wildman–Crippen MR) is 73.5 cm³/mol. The van der Waals surface area contributed by atoms with Gasteiger partial charge in [-0.1, -0.05) is 0 Å². The van der Waals surface area contributed by atoms with Crippen molar-refractivity contribution in [1.82, 2.24) is 19.4 Å². The number of hydrogen-bond acceptors (Lipinski definition) is 4. The number of hydrogen-bond donors (Lipinski definition) is 1. The molecular weight excluding hydrogens is 280 g/mol. The molecule has 0 saturated carbocycles. The Morgan fingerprint density at radius 1 is 1.50 bits per heavy atom. The summed E-state index contributed by atoms with van der Waals surface area (Å²) in [5.41, 5.74) is 0.604. The highest BCUT2D eigenvalue weighted by molar-refractivity contribution is 7.89. The molecule has 112 valence electrons. The first kappa shape index (κ1) is 15.0.